The van der Waals surface area contributed by atoms with E-state index in [1.165, 1.54) is 25.5 Å². The van der Waals surface area contributed by atoms with Gasteiger partial charge in [-0.15, -0.1) is 0 Å². The number of sulfonamides is 1. The highest BCUT2D eigenvalue weighted by Gasteiger charge is 2.55. The van der Waals surface area contributed by atoms with Gasteiger partial charge in [-0.3, -0.25) is 4.79 Å². The first-order valence-corrected chi connectivity index (χ1v) is 14.4. The maximum absolute atomic E-state index is 13.6. The second kappa shape index (κ2) is 8.22. The fraction of sp³-hybridized carbons (Fsp3) is 0.760. The molecular formula is C25H36N4O3S. The predicted molar refractivity (Wildman–Crippen MR) is 126 cm³/mol. The molecule has 0 radical (unpaired) electrons. The number of amides is 1. The van der Waals surface area contributed by atoms with Gasteiger partial charge >= 0.3 is 0 Å². The quantitative estimate of drug-likeness (QED) is 0.673. The van der Waals surface area contributed by atoms with Crippen LogP contribution in [0.2, 0.25) is 0 Å². The summed E-state index contributed by atoms with van der Waals surface area (Å²) < 4.78 is 27.4. The van der Waals surface area contributed by atoms with Crippen molar-refractivity contribution < 1.29 is 13.2 Å². The van der Waals surface area contributed by atoms with Crippen LogP contribution in [0.25, 0.3) is 0 Å². The average Bonchev–Trinajstić information content (AvgIpc) is 2.83. The molecule has 180 valence electrons. The first-order valence-electron chi connectivity index (χ1n) is 12.9. The molecule has 6 fully saturated rings. The Hall–Kier alpha value is -1.67. The summed E-state index contributed by atoms with van der Waals surface area (Å²) in [5, 5.41) is 0. The van der Waals surface area contributed by atoms with Crippen LogP contribution in [0.1, 0.15) is 57.8 Å². The minimum absolute atomic E-state index is 0.0698. The summed E-state index contributed by atoms with van der Waals surface area (Å²) in [6.45, 7) is 4.17. The van der Waals surface area contributed by atoms with Crippen LogP contribution in [-0.2, 0) is 14.8 Å². The van der Waals surface area contributed by atoms with Crippen LogP contribution in [0, 0.1) is 23.2 Å². The second-order valence-corrected chi connectivity index (χ2v) is 13.2. The maximum atomic E-state index is 13.6. The summed E-state index contributed by atoms with van der Waals surface area (Å²) in [6, 6.07) is 3.52. The van der Waals surface area contributed by atoms with E-state index < -0.39 is 10.0 Å². The van der Waals surface area contributed by atoms with Crippen LogP contribution in [0.15, 0.2) is 23.2 Å². The molecule has 7 rings (SSSR count). The summed E-state index contributed by atoms with van der Waals surface area (Å²) in [5.41, 5.74) is -0.0698. The second-order valence-electron chi connectivity index (χ2n) is 11.3. The Morgan fingerprint density at radius 2 is 1.45 bits per heavy atom. The van der Waals surface area contributed by atoms with Crippen molar-refractivity contribution in [2.45, 2.75) is 62.7 Å². The van der Waals surface area contributed by atoms with E-state index in [-0.39, 0.29) is 10.3 Å². The zero-order valence-electron chi connectivity index (χ0n) is 19.5. The zero-order valence-corrected chi connectivity index (χ0v) is 20.3. The average molecular weight is 473 g/mol. The summed E-state index contributed by atoms with van der Waals surface area (Å²) in [4.78, 5) is 22.7. The molecule has 0 N–H and O–H groups in total. The summed E-state index contributed by atoms with van der Waals surface area (Å²) >= 11 is 0. The Labute approximate surface area is 197 Å². The fourth-order valence-corrected chi connectivity index (χ4v) is 9.28. The van der Waals surface area contributed by atoms with Crippen molar-refractivity contribution in [1.82, 2.24) is 14.2 Å². The lowest BCUT2D eigenvalue weighted by molar-refractivity contribution is -0.158. The summed E-state index contributed by atoms with van der Waals surface area (Å²) in [5.74, 6) is 3.56. The number of nitrogens with zero attached hydrogens (tertiary/aromatic N) is 4. The summed E-state index contributed by atoms with van der Waals surface area (Å²) in [6.07, 6.45) is 11.9. The van der Waals surface area contributed by atoms with Crippen LogP contribution >= 0.6 is 0 Å². The van der Waals surface area contributed by atoms with Crippen LogP contribution in [-0.4, -0.2) is 67.8 Å². The van der Waals surface area contributed by atoms with Gasteiger partial charge in [0.05, 0.1) is 5.41 Å². The number of piperazine rings is 1. The number of piperidine rings is 1. The molecule has 4 aliphatic carbocycles. The van der Waals surface area contributed by atoms with Crippen LogP contribution in [0.3, 0.4) is 0 Å². The van der Waals surface area contributed by atoms with Crippen molar-refractivity contribution >= 4 is 21.7 Å². The van der Waals surface area contributed by atoms with Gasteiger partial charge in [-0.1, -0.05) is 6.42 Å². The number of anilines is 1. The Bertz CT molecular complexity index is 960. The normalized spacial score (nSPS) is 34.6. The number of hydrogen-bond donors (Lipinski definition) is 0. The number of rotatable bonds is 4. The van der Waals surface area contributed by atoms with E-state index in [4.69, 9.17) is 0 Å². The Balaban J connectivity index is 1.09. The molecule has 7 nitrogen and oxygen atoms in total. The molecular weight excluding hydrogens is 436 g/mol. The molecule has 1 aromatic rings. The van der Waals surface area contributed by atoms with Gasteiger partial charge < -0.3 is 9.80 Å². The number of pyridine rings is 1. The van der Waals surface area contributed by atoms with Crippen molar-refractivity contribution in [3.63, 3.8) is 0 Å². The number of carbonyl (C=O) groups is 1. The monoisotopic (exact) mass is 472 g/mol. The van der Waals surface area contributed by atoms with E-state index in [1.807, 2.05) is 6.07 Å². The van der Waals surface area contributed by atoms with Crippen molar-refractivity contribution in [1.29, 1.82) is 0 Å². The van der Waals surface area contributed by atoms with Crippen molar-refractivity contribution in [2.75, 3.05) is 44.2 Å². The highest BCUT2D eigenvalue weighted by molar-refractivity contribution is 7.89. The van der Waals surface area contributed by atoms with Crippen molar-refractivity contribution in [3.05, 3.63) is 18.3 Å². The topological polar surface area (TPSA) is 73.8 Å². The van der Waals surface area contributed by atoms with Gasteiger partial charge in [0, 0.05) is 45.5 Å². The first kappa shape index (κ1) is 21.8. The zero-order chi connectivity index (χ0) is 22.6. The molecule has 1 aromatic heterocycles. The molecule has 0 unspecified atom stereocenters. The first-order chi connectivity index (χ1) is 15.9. The maximum Gasteiger partial charge on any atom is 0.244 e. The van der Waals surface area contributed by atoms with E-state index in [1.54, 1.807) is 10.4 Å². The van der Waals surface area contributed by atoms with Gasteiger partial charge in [0.2, 0.25) is 15.9 Å². The number of aromatic nitrogens is 1. The molecule has 0 aromatic carbocycles. The minimum Gasteiger partial charge on any atom is -0.353 e. The van der Waals surface area contributed by atoms with E-state index in [0.29, 0.717) is 19.0 Å². The van der Waals surface area contributed by atoms with Gasteiger partial charge in [0.15, 0.2) is 0 Å². The lowest BCUT2D eigenvalue weighted by Crippen LogP contribution is -2.58. The van der Waals surface area contributed by atoms with Crippen LogP contribution in [0.4, 0.5) is 5.82 Å². The lowest BCUT2D eigenvalue weighted by Gasteiger charge is -2.57. The van der Waals surface area contributed by atoms with Gasteiger partial charge in [0.25, 0.3) is 0 Å². The third-order valence-electron chi connectivity index (χ3n) is 9.06. The highest BCUT2D eigenvalue weighted by atomic mass is 32.2. The van der Waals surface area contributed by atoms with E-state index >= 15 is 0 Å². The molecule has 8 heteroatoms. The predicted octanol–water partition coefficient (Wildman–Crippen LogP) is 3.12. The molecule has 0 atom stereocenters. The van der Waals surface area contributed by atoms with E-state index in [9.17, 15) is 13.2 Å². The fourth-order valence-electron chi connectivity index (χ4n) is 7.81. The molecule has 0 spiro atoms. The minimum atomic E-state index is -3.45. The SMILES string of the molecule is O=C(N1CCN(c2ccc(S(=O)(=O)N3CCCCC3)cn2)CC1)C12CC3CC(CC(C3)C1)C2. The van der Waals surface area contributed by atoms with Crippen molar-refractivity contribution in [3.8, 4) is 0 Å². The molecule has 6 aliphatic rings. The number of hydrogen-bond acceptors (Lipinski definition) is 5. The Morgan fingerprint density at radius 1 is 0.848 bits per heavy atom. The van der Waals surface area contributed by atoms with E-state index in [0.717, 1.165) is 88.3 Å². The molecule has 4 bridgehead atoms. The third-order valence-corrected chi connectivity index (χ3v) is 10.9. The van der Waals surface area contributed by atoms with Gasteiger partial charge in [-0.25, -0.2) is 13.4 Å². The third kappa shape index (κ3) is 3.87. The van der Waals surface area contributed by atoms with Crippen LogP contribution < -0.4 is 4.90 Å². The van der Waals surface area contributed by atoms with E-state index in [2.05, 4.69) is 14.8 Å². The van der Waals surface area contributed by atoms with Crippen molar-refractivity contribution in [2.24, 2.45) is 23.2 Å². The summed E-state index contributed by atoms with van der Waals surface area (Å²) in [7, 11) is -3.45. The van der Waals surface area contributed by atoms with Crippen LogP contribution in [0.5, 0.6) is 0 Å². The molecule has 1 amide bonds. The smallest absolute Gasteiger partial charge is 0.244 e. The van der Waals surface area contributed by atoms with Gasteiger partial charge in [-0.05, 0) is 81.3 Å². The Morgan fingerprint density at radius 3 is 2.00 bits per heavy atom. The number of carbonyl (C=O) groups excluding carboxylic acids is 1. The van der Waals surface area contributed by atoms with Gasteiger partial charge in [0.1, 0.15) is 10.7 Å². The molecule has 33 heavy (non-hydrogen) atoms. The lowest BCUT2D eigenvalue weighted by atomic mass is 9.49. The molecule has 3 heterocycles. The standard InChI is InChI=1S/C25H36N4O3S/c30-24(25-15-19-12-20(16-25)14-21(13-19)17-25)28-10-8-27(9-11-28)23-5-4-22(18-26-23)33(31,32)29-6-2-1-3-7-29/h4-5,18-21H,1-3,6-17H2. The largest absolute Gasteiger partial charge is 0.353 e. The molecule has 2 aliphatic heterocycles. The molecule has 4 saturated carbocycles. The van der Waals surface area contributed by atoms with Gasteiger partial charge in [-0.2, -0.15) is 4.31 Å². The molecule has 2 saturated heterocycles. The highest BCUT2D eigenvalue weighted by Crippen LogP contribution is 2.60. The Kier molecular flexibility index (Phi) is 5.44.